The zero-order valence-electron chi connectivity index (χ0n) is 40.8. The van der Waals surface area contributed by atoms with E-state index >= 15 is 0 Å². The summed E-state index contributed by atoms with van der Waals surface area (Å²) in [5.41, 5.74) is 10.7. The zero-order valence-corrected chi connectivity index (χ0v) is 43.5. The minimum Gasteiger partial charge on any atom is -0.670 e. The Bertz CT molecular complexity index is 2100. The number of pyridine rings is 7. The van der Waals surface area contributed by atoms with Crippen LogP contribution in [0.5, 0.6) is 0 Å². The maximum absolute atomic E-state index is 8.49. The first-order chi connectivity index (χ1) is 33.8. The molecule has 404 valence electrons. The maximum atomic E-state index is 8.49. The van der Waals surface area contributed by atoms with E-state index in [1.165, 1.54) is 63.8 Å². The minimum atomic E-state index is -4.94. The van der Waals surface area contributed by atoms with Crippen molar-refractivity contribution in [2.24, 2.45) is 0 Å². The molecule has 20 nitrogen and oxygen atoms in total. The van der Waals surface area contributed by atoms with Crippen molar-refractivity contribution < 1.29 is 96.7 Å². The third-order valence-corrected chi connectivity index (χ3v) is 9.56. The van der Waals surface area contributed by atoms with Gasteiger partial charge in [0.1, 0.15) is 0 Å². The summed E-state index contributed by atoms with van der Waals surface area (Å²) in [6.07, 6.45) is 48.1. The molecule has 0 fully saturated rings. The van der Waals surface area contributed by atoms with Crippen LogP contribution in [0.25, 0.3) is 5.32 Å². The molecule has 0 saturated carbocycles. The normalized spacial score (nSPS) is 10.4. The van der Waals surface area contributed by atoms with Crippen molar-refractivity contribution in [3.63, 3.8) is 0 Å². The summed E-state index contributed by atoms with van der Waals surface area (Å²) in [6, 6.07) is 29.0. The maximum Gasteiger partial charge on any atom is 3.00 e. The van der Waals surface area contributed by atoms with E-state index in [9.17, 15) is 0 Å². The molecular weight excluding hydrogens is 1050 g/mol. The van der Waals surface area contributed by atoms with Crippen molar-refractivity contribution in [3.05, 3.63) is 252 Å². The molecule has 0 aromatic carbocycles. The summed E-state index contributed by atoms with van der Waals surface area (Å²) in [5.74, 6) is 0. The predicted octanol–water partition coefficient (Wildman–Crippen LogP) is -1.50. The van der Waals surface area contributed by atoms with E-state index in [-0.39, 0.29) is 39.0 Å². The van der Waals surface area contributed by atoms with E-state index in [1.807, 2.05) is 111 Å². The summed E-state index contributed by atoms with van der Waals surface area (Å²) >= 11 is 0. The molecule has 0 saturated heterocycles. The van der Waals surface area contributed by atoms with Gasteiger partial charge in [0.25, 0.3) is 0 Å². The molecule has 1 aliphatic rings. The molecular formula is C52H63Cl2MnN8O12. The van der Waals surface area contributed by atoms with Crippen molar-refractivity contribution in [2.75, 3.05) is 0 Å². The van der Waals surface area contributed by atoms with Crippen LogP contribution < -0.4 is 37.3 Å². The van der Waals surface area contributed by atoms with E-state index in [0.29, 0.717) is 0 Å². The van der Waals surface area contributed by atoms with Gasteiger partial charge < -0.3 is 27.2 Å². The van der Waals surface area contributed by atoms with Gasteiger partial charge in [-0.05, 0) is 200 Å². The van der Waals surface area contributed by atoms with Gasteiger partial charge in [-0.1, -0.05) is 18.2 Å². The van der Waals surface area contributed by atoms with Crippen LogP contribution in [-0.2, 0) is 62.0 Å². The Labute approximate surface area is 452 Å². The van der Waals surface area contributed by atoms with E-state index in [2.05, 4.69) is 131 Å². The van der Waals surface area contributed by atoms with Gasteiger partial charge in [-0.25, -0.2) is 37.3 Å². The van der Waals surface area contributed by atoms with Gasteiger partial charge >= 0.3 is 17.1 Å². The predicted molar refractivity (Wildman–Crippen MR) is 258 cm³/mol. The second-order valence-corrected chi connectivity index (χ2v) is 16.3. The first-order valence-corrected chi connectivity index (χ1v) is 24.5. The molecule has 8 heterocycles. The molecule has 75 heavy (non-hydrogen) atoms. The summed E-state index contributed by atoms with van der Waals surface area (Å²) in [4.78, 5) is 28.0. The largest absolute Gasteiger partial charge is 3.00 e. The summed E-state index contributed by atoms with van der Waals surface area (Å²) in [6.45, 7) is 0. The molecule has 8 rings (SSSR count). The van der Waals surface area contributed by atoms with Crippen LogP contribution in [0.3, 0.4) is 0 Å². The zero-order chi connectivity index (χ0) is 50.4. The fourth-order valence-corrected chi connectivity index (χ4v) is 6.24. The number of aryl methyl sites for hydroxylation is 7. The molecule has 1 aliphatic heterocycles. The fourth-order valence-electron chi connectivity index (χ4n) is 6.24. The number of hydrogen-bond acceptors (Lipinski definition) is 15. The number of hydrogen-bond donors (Lipinski definition) is 0. The second-order valence-electron chi connectivity index (χ2n) is 14.8. The average Bonchev–Trinajstić information content (AvgIpc) is 3.36. The minimum absolute atomic E-state index is 0. The van der Waals surface area contributed by atoms with Gasteiger partial charge in [-0.15, -0.1) is 20.5 Å². The molecule has 0 aliphatic carbocycles. The molecule has 0 bridgehead atoms. The van der Waals surface area contributed by atoms with Crippen LogP contribution in [-0.4, -0.2) is 56.8 Å². The van der Waals surface area contributed by atoms with Gasteiger partial charge in [0, 0.05) is 86.8 Å². The smallest absolute Gasteiger partial charge is 0.670 e. The second kappa shape index (κ2) is 45.1. The molecule has 8 N–H and O–H groups in total. The van der Waals surface area contributed by atoms with Crippen LogP contribution in [0.2, 0.25) is 0 Å². The molecule has 23 heteroatoms. The molecule has 7 aromatic heterocycles. The number of nitrogens with zero attached hydrogens (tertiary/aromatic N) is 8. The molecule has 0 unspecified atom stereocenters. The van der Waals surface area contributed by atoms with Crippen LogP contribution in [0.4, 0.5) is 0 Å². The van der Waals surface area contributed by atoms with Crippen LogP contribution in [0.15, 0.2) is 208 Å². The monoisotopic (exact) mass is 1120 g/mol. The van der Waals surface area contributed by atoms with Gasteiger partial charge in [-0.2, -0.15) is 12.4 Å². The topological polar surface area (TPSA) is 415 Å². The SMILES string of the molecule is C1=CC(=CCCc2ccncc2)C=C[N-]1.O.O.O.O.[Mn+3].[O-][Cl+3]([O-])([O-])[O-].[O-][Cl+3]([O-])([O-])[O-].c1cc(CCCc2ccncc2)ccn1.c1cc(CCCc2ccncc2)ccn1.c1cc(CCCc2ccncc2)ccn1. The van der Waals surface area contributed by atoms with E-state index in [0.717, 1.165) is 51.4 Å². The summed E-state index contributed by atoms with van der Waals surface area (Å²) in [7, 11) is -9.89. The Balaban J connectivity index is -0.000000850. The van der Waals surface area contributed by atoms with Crippen molar-refractivity contribution in [1.29, 1.82) is 0 Å². The Kier molecular flexibility index (Phi) is 43.9. The third kappa shape index (κ3) is 43.8. The fraction of sp³-hybridized carbons (Fsp3) is 0.212. The van der Waals surface area contributed by atoms with Crippen molar-refractivity contribution in [3.8, 4) is 0 Å². The van der Waals surface area contributed by atoms with Crippen molar-refractivity contribution >= 4 is 0 Å². The Hall–Kier alpha value is -6.31. The standard InChI is InChI=1S/3C13H14N2.C13H13N2.2ClHO4.Mn.4H2O/c4*1(2-12-4-8-14-9-5-12)3-13-6-10-15-11-7-13;2*2-1(3,4)5;;;;;/h3*4-11H,1-3H2;2,4-11H,1,3H2;2*(H,2,3,4,5);;4*1H2/q;;;-1;;;+3;;;;/p-2. The average molecular weight is 1120 g/mol. The Morgan fingerprint density at radius 1 is 0.320 bits per heavy atom. The first kappa shape index (κ1) is 72.9. The van der Waals surface area contributed by atoms with Gasteiger partial charge in [0.05, 0.1) is 0 Å². The van der Waals surface area contributed by atoms with E-state index in [1.54, 1.807) is 0 Å². The molecule has 0 atom stereocenters. The molecule has 0 amide bonds. The molecule has 7 aromatic rings. The van der Waals surface area contributed by atoms with Gasteiger partial charge in [0.2, 0.25) is 0 Å². The number of halogens is 2. The first-order valence-electron chi connectivity index (χ1n) is 22.0. The van der Waals surface area contributed by atoms with Crippen molar-refractivity contribution in [2.45, 2.75) is 70.6 Å². The van der Waals surface area contributed by atoms with Crippen LogP contribution >= 0.6 is 0 Å². The summed E-state index contributed by atoms with van der Waals surface area (Å²) < 4.78 is 67.9. The van der Waals surface area contributed by atoms with E-state index in [4.69, 9.17) is 37.3 Å². The quantitative estimate of drug-likeness (QED) is 0.105. The van der Waals surface area contributed by atoms with Crippen LogP contribution in [0, 0.1) is 20.5 Å². The Morgan fingerprint density at radius 3 is 0.680 bits per heavy atom. The molecule has 0 spiro atoms. The Morgan fingerprint density at radius 2 is 0.493 bits per heavy atom. The van der Waals surface area contributed by atoms with Gasteiger partial charge in [-0.3, -0.25) is 34.9 Å². The van der Waals surface area contributed by atoms with Crippen LogP contribution in [0.1, 0.15) is 64.6 Å². The number of rotatable bonds is 15. The summed E-state index contributed by atoms with van der Waals surface area (Å²) in [5, 5.41) is 3.98. The molecule has 0 radical (unpaired) electrons. The van der Waals surface area contributed by atoms with E-state index < -0.39 is 20.5 Å². The number of aromatic nitrogens is 7. The van der Waals surface area contributed by atoms with Gasteiger partial charge in [0.15, 0.2) is 0 Å². The number of allylic oxidation sites excluding steroid dienone is 4. The van der Waals surface area contributed by atoms with Crippen molar-refractivity contribution in [1.82, 2.24) is 34.9 Å². The third-order valence-electron chi connectivity index (χ3n) is 9.56.